The van der Waals surface area contributed by atoms with Gasteiger partial charge in [0.1, 0.15) is 4.90 Å². The summed E-state index contributed by atoms with van der Waals surface area (Å²) in [6, 6.07) is 3.04. The van der Waals surface area contributed by atoms with Crippen LogP contribution in [0.5, 0.6) is 0 Å². The Morgan fingerprint density at radius 2 is 1.76 bits per heavy atom. The van der Waals surface area contributed by atoms with Gasteiger partial charge in [-0.05, 0) is 55.8 Å². The van der Waals surface area contributed by atoms with Crippen molar-refractivity contribution >= 4 is 47.6 Å². The molecule has 0 radical (unpaired) electrons. The van der Waals surface area contributed by atoms with Gasteiger partial charge >= 0.3 is 0 Å². The third-order valence-electron chi connectivity index (χ3n) is 2.65. The van der Waals surface area contributed by atoms with E-state index >= 15 is 0 Å². The number of sulfonamides is 1. The van der Waals surface area contributed by atoms with E-state index in [1.807, 2.05) is 20.8 Å². The maximum atomic E-state index is 12.3. The summed E-state index contributed by atoms with van der Waals surface area (Å²) in [6.07, 6.45) is -0.245. The van der Waals surface area contributed by atoms with Gasteiger partial charge in [-0.1, -0.05) is 20.8 Å². The molecular formula is C13H20Br2N2O3S. The number of hydrogen-bond donors (Lipinski definition) is 3. The Morgan fingerprint density at radius 1 is 1.29 bits per heavy atom. The van der Waals surface area contributed by atoms with Crippen LogP contribution in [0.15, 0.2) is 26.0 Å². The smallest absolute Gasteiger partial charge is 0.242 e. The van der Waals surface area contributed by atoms with Crippen molar-refractivity contribution < 1.29 is 13.5 Å². The second-order valence-electron chi connectivity index (χ2n) is 6.08. The second-order valence-corrected chi connectivity index (χ2v) is 9.50. The first-order valence-corrected chi connectivity index (χ1v) is 9.41. The molecule has 0 heterocycles. The van der Waals surface area contributed by atoms with Crippen molar-refractivity contribution in [3.63, 3.8) is 0 Å². The maximum absolute atomic E-state index is 12.3. The topological polar surface area (TPSA) is 92.4 Å². The van der Waals surface area contributed by atoms with Gasteiger partial charge < -0.3 is 10.8 Å². The van der Waals surface area contributed by atoms with Gasteiger partial charge in [-0.15, -0.1) is 0 Å². The van der Waals surface area contributed by atoms with E-state index in [1.54, 1.807) is 0 Å². The number of hydrogen-bond acceptors (Lipinski definition) is 4. The highest BCUT2D eigenvalue weighted by atomic mass is 79.9. The largest absolute Gasteiger partial charge is 0.399 e. The first kappa shape index (κ1) is 18.9. The average Bonchev–Trinajstić information content (AvgIpc) is 2.22. The summed E-state index contributed by atoms with van der Waals surface area (Å²) in [4.78, 5) is 0.0691. The van der Waals surface area contributed by atoms with E-state index in [0.717, 1.165) is 0 Å². The molecule has 0 saturated heterocycles. The quantitative estimate of drug-likeness (QED) is 0.610. The van der Waals surface area contributed by atoms with Gasteiger partial charge in [0.25, 0.3) is 0 Å². The number of nitrogen functional groups attached to an aromatic ring is 1. The number of nitrogens with two attached hydrogens (primary N) is 1. The standard InChI is InChI=1S/C13H20Br2N2O3S/c1-13(2,3)6-9(18)7-17-21(19,20)12-10(14)4-8(16)5-11(12)15/h4-5,9,17-18H,6-7,16H2,1-3H3. The zero-order valence-corrected chi connectivity index (χ0v) is 16.1. The summed E-state index contributed by atoms with van der Waals surface area (Å²) in [6.45, 7) is 5.91. The van der Waals surface area contributed by atoms with E-state index in [0.29, 0.717) is 21.1 Å². The van der Waals surface area contributed by atoms with Crippen LogP contribution in [0.3, 0.4) is 0 Å². The lowest BCUT2D eigenvalue weighted by atomic mass is 9.89. The molecule has 1 atom stereocenters. The molecule has 1 aromatic carbocycles. The van der Waals surface area contributed by atoms with E-state index < -0.39 is 16.1 Å². The fourth-order valence-corrected chi connectivity index (χ4v) is 5.58. The predicted molar refractivity (Wildman–Crippen MR) is 91.5 cm³/mol. The van der Waals surface area contributed by atoms with Crippen molar-refractivity contribution in [3.05, 3.63) is 21.1 Å². The van der Waals surface area contributed by atoms with E-state index in [2.05, 4.69) is 36.6 Å². The van der Waals surface area contributed by atoms with Crippen LogP contribution in [0.2, 0.25) is 0 Å². The monoisotopic (exact) mass is 442 g/mol. The molecular weight excluding hydrogens is 424 g/mol. The van der Waals surface area contributed by atoms with E-state index in [4.69, 9.17) is 5.73 Å². The minimum atomic E-state index is -3.75. The van der Waals surface area contributed by atoms with Crippen molar-refractivity contribution in [2.24, 2.45) is 5.41 Å². The summed E-state index contributed by atoms with van der Waals surface area (Å²) in [7, 11) is -3.75. The molecule has 0 aliphatic heterocycles. The number of anilines is 1. The third-order valence-corrected chi connectivity index (χ3v) is 5.95. The maximum Gasteiger partial charge on any atom is 0.242 e. The van der Waals surface area contributed by atoms with Crippen molar-refractivity contribution in [1.29, 1.82) is 0 Å². The van der Waals surface area contributed by atoms with Crippen LogP contribution in [0.1, 0.15) is 27.2 Å². The predicted octanol–water partition coefficient (Wildman–Crippen LogP) is 2.87. The second kappa shape index (κ2) is 6.95. The van der Waals surface area contributed by atoms with Crippen LogP contribution in [-0.2, 0) is 10.0 Å². The summed E-state index contributed by atoms with van der Waals surface area (Å²) in [5.74, 6) is 0. The van der Waals surface area contributed by atoms with Crippen LogP contribution in [-0.4, -0.2) is 26.2 Å². The Kier molecular flexibility index (Phi) is 6.26. The molecule has 1 aromatic rings. The van der Waals surface area contributed by atoms with Gasteiger partial charge in [0, 0.05) is 21.2 Å². The Hall–Kier alpha value is -0.150. The summed E-state index contributed by atoms with van der Waals surface area (Å²) in [5.41, 5.74) is 6.02. The SMILES string of the molecule is CC(C)(C)CC(O)CNS(=O)(=O)c1c(Br)cc(N)cc1Br. The van der Waals surface area contributed by atoms with Crippen LogP contribution in [0.25, 0.3) is 0 Å². The van der Waals surface area contributed by atoms with Crippen LogP contribution in [0, 0.1) is 5.41 Å². The molecule has 0 saturated carbocycles. The number of rotatable bonds is 5. The molecule has 120 valence electrons. The molecule has 4 N–H and O–H groups in total. The fraction of sp³-hybridized carbons (Fsp3) is 0.538. The first-order chi connectivity index (χ1) is 9.42. The Labute approximate surface area is 142 Å². The number of benzene rings is 1. The lowest BCUT2D eigenvalue weighted by Gasteiger charge is -2.22. The number of halogens is 2. The molecule has 0 fully saturated rings. The van der Waals surface area contributed by atoms with Crippen molar-refractivity contribution in [3.8, 4) is 0 Å². The van der Waals surface area contributed by atoms with Gasteiger partial charge in [-0.2, -0.15) is 0 Å². The van der Waals surface area contributed by atoms with Crippen LogP contribution >= 0.6 is 31.9 Å². The molecule has 0 aliphatic carbocycles. The summed E-state index contributed by atoms with van der Waals surface area (Å²) < 4.78 is 27.8. The molecule has 0 amide bonds. The zero-order valence-electron chi connectivity index (χ0n) is 12.2. The van der Waals surface area contributed by atoms with Crippen molar-refractivity contribution in [2.75, 3.05) is 12.3 Å². The van der Waals surface area contributed by atoms with E-state index in [-0.39, 0.29) is 16.9 Å². The van der Waals surface area contributed by atoms with Gasteiger partial charge in [0.15, 0.2) is 0 Å². The molecule has 1 rings (SSSR count). The Bertz CT molecular complexity index is 589. The molecule has 0 spiro atoms. The third kappa shape index (κ3) is 5.86. The lowest BCUT2D eigenvalue weighted by molar-refractivity contribution is 0.125. The van der Waals surface area contributed by atoms with E-state index in [9.17, 15) is 13.5 Å². The minimum absolute atomic E-state index is 0.0388. The highest BCUT2D eigenvalue weighted by Crippen LogP contribution is 2.32. The summed E-state index contributed by atoms with van der Waals surface area (Å²) in [5, 5.41) is 9.91. The number of aliphatic hydroxyl groups is 1. The van der Waals surface area contributed by atoms with E-state index in [1.165, 1.54) is 12.1 Å². The Morgan fingerprint density at radius 3 is 2.19 bits per heavy atom. The first-order valence-electron chi connectivity index (χ1n) is 6.34. The number of nitrogens with one attached hydrogen (secondary N) is 1. The zero-order chi connectivity index (χ0) is 16.4. The number of aliphatic hydroxyl groups excluding tert-OH is 1. The van der Waals surface area contributed by atoms with Gasteiger partial charge in [0.05, 0.1) is 6.10 Å². The molecule has 21 heavy (non-hydrogen) atoms. The van der Waals surface area contributed by atoms with Crippen molar-refractivity contribution in [2.45, 2.75) is 38.2 Å². The molecule has 0 aliphatic rings. The van der Waals surface area contributed by atoms with Gasteiger partial charge in [0.2, 0.25) is 10.0 Å². The highest BCUT2D eigenvalue weighted by molar-refractivity contribution is 9.11. The van der Waals surface area contributed by atoms with Crippen molar-refractivity contribution in [1.82, 2.24) is 4.72 Å². The molecule has 5 nitrogen and oxygen atoms in total. The Balaban J connectivity index is 2.89. The highest BCUT2D eigenvalue weighted by Gasteiger charge is 2.24. The average molecular weight is 444 g/mol. The molecule has 1 unspecified atom stereocenters. The van der Waals surface area contributed by atoms with Gasteiger partial charge in [-0.25, -0.2) is 13.1 Å². The molecule has 8 heteroatoms. The normalized spacial score (nSPS) is 14.2. The fourth-order valence-electron chi connectivity index (χ4n) is 1.89. The van der Waals surface area contributed by atoms with Gasteiger partial charge in [-0.3, -0.25) is 0 Å². The molecule has 0 bridgehead atoms. The lowest BCUT2D eigenvalue weighted by Crippen LogP contribution is -2.34. The van der Waals surface area contributed by atoms with Crippen LogP contribution in [0.4, 0.5) is 5.69 Å². The molecule has 0 aromatic heterocycles. The summed E-state index contributed by atoms with van der Waals surface area (Å²) >= 11 is 6.40. The van der Waals surface area contributed by atoms with Crippen LogP contribution < -0.4 is 10.5 Å². The minimum Gasteiger partial charge on any atom is -0.399 e.